The summed E-state index contributed by atoms with van der Waals surface area (Å²) in [4.78, 5) is 14.0. The molecule has 1 amide bonds. The Labute approximate surface area is 137 Å². The average Bonchev–Trinajstić information content (AvgIpc) is 3.20. The Hall–Kier alpha value is -0.970. The van der Waals surface area contributed by atoms with Gasteiger partial charge in [-0.1, -0.05) is 32.6 Å². The van der Waals surface area contributed by atoms with Gasteiger partial charge in [-0.25, -0.2) is 0 Å². The normalized spacial score (nSPS) is 20.7. The lowest BCUT2D eigenvalue weighted by Gasteiger charge is -2.30. The number of hydrogen-bond donors (Lipinski definition) is 0. The summed E-state index contributed by atoms with van der Waals surface area (Å²) in [7, 11) is 0. The molecule has 0 atom stereocenters. The van der Waals surface area contributed by atoms with Gasteiger partial charge in [0, 0.05) is 31.8 Å². The maximum Gasteiger partial charge on any atom is 0.222 e. The van der Waals surface area contributed by atoms with E-state index in [1.165, 1.54) is 35.7 Å². The molecule has 1 aromatic heterocycles. The monoisotopic (exact) mass is 321 g/mol. The zero-order valence-corrected chi connectivity index (χ0v) is 14.4. The van der Waals surface area contributed by atoms with Crippen LogP contribution in [0.5, 0.6) is 0 Å². The first-order valence-corrected chi connectivity index (χ1v) is 9.68. The SMILES string of the molecule is CCCC(=O)N1CCC(c2nnc(CC3CCCC3)s2)CC1. The number of carbonyl (C=O) groups excluding carboxylic acids is 1. The van der Waals surface area contributed by atoms with Crippen molar-refractivity contribution in [3.63, 3.8) is 0 Å². The quantitative estimate of drug-likeness (QED) is 0.829. The van der Waals surface area contributed by atoms with Crippen molar-refractivity contribution in [2.75, 3.05) is 13.1 Å². The minimum atomic E-state index is 0.320. The van der Waals surface area contributed by atoms with Crippen molar-refractivity contribution in [1.82, 2.24) is 15.1 Å². The maximum atomic E-state index is 11.9. The number of carbonyl (C=O) groups is 1. The van der Waals surface area contributed by atoms with Crippen molar-refractivity contribution in [3.05, 3.63) is 10.0 Å². The molecule has 0 aromatic carbocycles. The summed E-state index contributed by atoms with van der Waals surface area (Å²) < 4.78 is 0. The van der Waals surface area contributed by atoms with Crippen molar-refractivity contribution in [2.45, 2.75) is 70.6 Å². The highest BCUT2D eigenvalue weighted by atomic mass is 32.1. The third-order valence-corrected chi connectivity index (χ3v) is 6.19. The van der Waals surface area contributed by atoms with Crippen LogP contribution in [0.4, 0.5) is 0 Å². The van der Waals surface area contributed by atoms with Gasteiger partial charge in [-0.05, 0) is 25.2 Å². The van der Waals surface area contributed by atoms with Gasteiger partial charge >= 0.3 is 0 Å². The minimum absolute atomic E-state index is 0.320. The lowest BCUT2D eigenvalue weighted by atomic mass is 9.97. The van der Waals surface area contributed by atoms with E-state index in [0.717, 1.165) is 44.7 Å². The standard InChI is InChI=1S/C17H27N3OS/c1-2-5-16(21)20-10-8-14(9-11-20)17-19-18-15(22-17)12-13-6-3-4-7-13/h13-14H,2-12H2,1H3. The second-order valence-corrected chi connectivity index (χ2v) is 7.89. The lowest BCUT2D eigenvalue weighted by molar-refractivity contribution is -0.132. The molecule has 1 saturated carbocycles. The van der Waals surface area contributed by atoms with E-state index in [1.807, 2.05) is 16.2 Å². The highest BCUT2D eigenvalue weighted by Crippen LogP contribution is 2.33. The second-order valence-electron chi connectivity index (χ2n) is 6.79. The van der Waals surface area contributed by atoms with E-state index in [0.29, 0.717) is 18.2 Å². The van der Waals surface area contributed by atoms with Crippen LogP contribution < -0.4 is 0 Å². The third kappa shape index (κ3) is 3.86. The van der Waals surface area contributed by atoms with Crippen LogP contribution >= 0.6 is 11.3 Å². The molecule has 0 bridgehead atoms. The Morgan fingerprint density at radius 3 is 2.59 bits per heavy atom. The Kier molecular flexibility index (Phi) is 5.45. The Morgan fingerprint density at radius 1 is 1.18 bits per heavy atom. The molecule has 122 valence electrons. The van der Waals surface area contributed by atoms with Gasteiger partial charge in [0.25, 0.3) is 0 Å². The van der Waals surface area contributed by atoms with E-state index < -0.39 is 0 Å². The first kappa shape index (κ1) is 15.9. The fraction of sp³-hybridized carbons (Fsp3) is 0.824. The zero-order chi connectivity index (χ0) is 15.4. The summed E-state index contributed by atoms with van der Waals surface area (Å²) in [6.07, 6.45) is 10.4. The first-order valence-electron chi connectivity index (χ1n) is 8.86. The highest BCUT2D eigenvalue weighted by molar-refractivity contribution is 7.11. The molecule has 1 aromatic rings. The largest absolute Gasteiger partial charge is 0.343 e. The summed E-state index contributed by atoms with van der Waals surface area (Å²) in [6, 6.07) is 0. The molecule has 0 unspecified atom stereocenters. The molecule has 1 aliphatic carbocycles. The first-order chi connectivity index (χ1) is 10.8. The molecule has 22 heavy (non-hydrogen) atoms. The number of nitrogens with zero attached hydrogens (tertiary/aromatic N) is 3. The van der Waals surface area contributed by atoms with Crippen LogP contribution in [0.2, 0.25) is 0 Å². The fourth-order valence-electron chi connectivity index (χ4n) is 3.72. The van der Waals surface area contributed by atoms with Crippen molar-refractivity contribution in [2.24, 2.45) is 5.92 Å². The topological polar surface area (TPSA) is 46.1 Å². The Bertz CT molecular complexity index is 488. The smallest absolute Gasteiger partial charge is 0.222 e. The van der Waals surface area contributed by atoms with Gasteiger partial charge in [-0.3, -0.25) is 4.79 Å². The van der Waals surface area contributed by atoms with Gasteiger partial charge in [-0.2, -0.15) is 0 Å². The van der Waals surface area contributed by atoms with E-state index in [-0.39, 0.29) is 0 Å². The number of piperidine rings is 1. The number of hydrogen-bond acceptors (Lipinski definition) is 4. The molecule has 2 heterocycles. The molecule has 1 saturated heterocycles. The molecule has 4 nitrogen and oxygen atoms in total. The van der Waals surface area contributed by atoms with E-state index >= 15 is 0 Å². The van der Waals surface area contributed by atoms with Crippen molar-refractivity contribution in [1.29, 1.82) is 0 Å². The predicted octanol–water partition coefficient (Wildman–Crippen LogP) is 3.78. The number of aromatic nitrogens is 2. The van der Waals surface area contributed by atoms with E-state index in [9.17, 15) is 4.79 Å². The minimum Gasteiger partial charge on any atom is -0.343 e. The lowest BCUT2D eigenvalue weighted by Crippen LogP contribution is -2.37. The molecule has 0 radical (unpaired) electrons. The van der Waals surface area contributed by atoms with Gasteiger partial charge < -0.3 is 4.90 Å². The molecular weight excluding hydrogens is 294 g/mol. The Morgan fingerprint density at radius 2 is 1.91 bits per heavy atom. The van der Waals surface area contributed by atoms with Crippen LogP contribution in [0.25, 0.3) is 0 Å². The van der Waals surface area contributed by atoms with E-state index in [1.54, 1.807) is 0 Å². The summed E-state index contributed by atoms with van der Waals surface area (Å²) in [5, 5.41) is 11.3. The van der Waals surface area contributed by atoms with Crippen LogP contribution in [0.15, 0.2) is 0 Å². The molecule has 1 aliphatic heterocycles. The summed E-state index contributed by atoms with van der Waals surface area (Å²) in [6.45, 7) is 3.85. The van der Waals surface area contributed by atoms with Crippen LogP contribution in [-0.2, 0) is 11.2 Å². The predicted molar refractivity (Wildman–Crippen MR) is 89.0 cm³/mol. The third-order valence-electron chi connectivity index (χ3n) is 5.08. The van der Waals surface area contributed by atoms with Gasteiger partial charge in [0.15, 0.2) is 0 Å². The number of likely N-dealkylation sites (tertiary alicyclic amines) is 1. The van der Waals surface area contributed by atoms with Crippen molar-refractivity contribution in [3.8, 4) is 0 Å². The molecule has 0 N–H and O–H groups in total. The second kappa shape index (κ2) is 7.53. The van der Waals surface area contributed by atoms with Crippen LogP contribution in [0, 0.1) is 5.92 Å². The van der Waals surface area contributed by atoms with Gasteiger partial charge in [0.05, 0.1) is 0 Å². The Balaban J connectivity index is 1.50. The van der Waals surface area contributed by atoms with Gasteiger partial charge in [0.1, 0.15) is 10.0 Å². The number of rotatable bonds is 5. The number of amides is 1. The molecule has 0 spiro atoms. The molecule has 5 heteroatoms. The van der Waals surface area contributed by atoms with Crippen molar-refractivity contribution < 1.29 is 4.79 Å². The van der Waals surface area contributed by atoms with Crippen LogP contribution in [-0.4, -0.2) is 34.1 Å². The maximum absolute atomic E-state index is 11.9. The van der Waals surface area contributed by atoms with Crippen LogP contribution in [0.1, 0.15) is 74.2 Å². The van der Waals surface area contributed by atoms with E-state index in [2.05, 4.69) is 17.1 Å². The highest BCUT2D eigenvalue weighted by Gasteiger charge is 2.26. The average molecular weight is 321 g/mol. The molecular formula is C17H27N3OS. The summed E-state index contributed by atoms with van der Waals surface area (Å²) in [5.41, 5.74) is 0. The molecule has 2 fully saturated rings. The van der Waals surface area contributed by atoms with E-state index in [4.69, 9.17) is 0 Å². The summed E-state index contributed by atoms with van der Waals surface area (Å²) in [5.74, 6) is 1.68. The van der Waals surface area contributed by atoms with Crippen LogP contribution in [0.3, 0.4) is 0 Å². The summed E-state index contributed by atoms with van der Waals surface area (Å²) >= 11 is 1.82. The van der Waals surface area contributed by atoms with Gasteiger partial charge in [-0.15, -0.1) is 21.5 Å². The fourth-order valence-corrected chi connectivity index (χ4v) is 4.85. The van der Waals surface area contributed by atoms with Crippen molar-refractivity contribution >= 4 is 17.2 Å². The molecule has 3 rings (SSSR count). The van der Waals surface area contributed by atoms with Gasteiger partial charge in [0.2, 0.25) is 5.91 Å². The molecule has 2 aliphatic rings. The zero-order valence-electron chi connectivity index (χ0n) is 13.6.